The Hall–Kier alpha value is -2.17. The number of nitrogens with one attached hydrogen (secondary N) is 1. The fourth-order valence-corrected chi connectivity index (χ4v) is 5.28. The summed E-state index contributed by atoms with van der Waals surface area (Å²) in [6.45, 7) is -0.00847. The van der Waals surface area contributed by atoms with Crippen molar-refractivity contribution in [3.63, 3.8) is 0 Å². The number of benzene rings is 1. The third-order valence-corrected chi connectivity index (χ3v) is 7.29. The molecule has 0 bridgehead atoms. The topological polar surface area (TPSA) is 149 Å². The van der Waals surface area contributed by atoms with Gasteiger partial charge in [-0.15, -0.1) is 0 Å². The van der Waals surface area contributed by atoms with Gasteiger partial charge in [0.1, 0.15) is 23.5 Å². The summed E-state index contributed by atoms with van der Waals surface area (Å²) in [5.41, 5.74) is 1.40. The van der Waals surface area contributed by atoms with Crippen LogP contribution in [0.3, 0.4) is 0 Å². The van der Waals surface area contributed by atoms with Crippen molar-refractivity contribution in [2.45, 2.75) is 31.3 Å². The van der Waals surface area contributed by atoms with Crippen LogP contribution in [0.2, 0.25) is 5.15 Å². The molecule has 0 aliphatic heterocycles. The first kappa shape index (κ1) is 26.9. The van der Waals surface area contributed by atoms with Crippen molar-refractivity contribution in [3.8, 4) is 0 Å². The smallest absolute Gasteiger partial charge is 0.333 e. The minimum absolute atomic E-state index is 0.0214. The van der Waals surface area contributed by atoms with E-state index >= 15 is 0 Å². The van der Waals surface area contributed by atoms with Crippen LogP contribution in [-0.2, 0) is 21.0 Å². The molecule has 2 aromatic heterocycles. The number of aliphatic hydroxyl groups is 1. The number of hydrogen-bond donors (Lipinski definition) is 3. The molecule has 36 heavy (non-hydrogen) atoms. The molecule has 192 valence electrons. The number of hydrogen-bond acceptors (Lipinski definition) is 8. The Morgan fingerprint density at radius 1 is 1.39 bits per heavy atom. The Bertz CT molecular complexity index is 1370. The number of carbonyl (C=O) groups excluding carboxylic acids is 1. The van der Waals surface area contributed by atoms with Gasteiger partial charge in [0.2, 0.25) is 0 Å². The Labute approximate surface area is 225 Å². The highest BCUT2D eigenvalue weighted by atomic mass is 127. The van der Waals surface area contributed by atoms with Crippen molar-refractivity contribution in [2.24, 2.45) is 11.1 Å². The Morgan fingerprint density at radius 2 is 2.17 bits per heavy atom. The van der Waals surface area contributed by atoms with Crippen molar-refractivity contribution < 1.29 is 26.9 Å². The van der Waals surface area contributed by atoms with Crippen molar-refractivity contribution >= 4 is 56.1 Å². The lowest BCUT2D eigenvalue weighted by atomic mass is 10.1. The third-order valence-electron chi connectivity index (χ3n) is 5.82. The lowest BCUT2D eigenvalue weighted by Crippen LogP contribution is -2.33. The number of nitrogens with two attached hydrogens (primary N) is 1. The van der Waals surface area contributed by atoms with E-state index in [-0.39, 0.29) is 17.8 Å². The molecule has 1 saturated carbocycles. The van der Waals surface area contributed by atoms with E-state index in [9.17, 15) is 22.7 Å². The number of nitrogens with zero attached hydrogens (tertiary/aromatic N) is 3. The van der Waals surface area contributed by atoms with Gasteiger partial charge in [-0.1, -0.05) is 23.7 Å². The first-order valence-corrected chi connectivity index (χ1v) is 13.7. The fourth-order valence-electron chi connectivity index (χ4n) is 4.08. The van der Waals surface area contributed by atoms with E-state index < -0.39 is 46.9 Å². The molecule has 4 N–H and O–H groups in total. The molecule has 10 nitrogen and oxygen atoms in total. The molecule has 1 fully saturated rings. The molecule has 14 heteroatoms. The third kappa shape index (κ3) is 6.39. The van der Waals surface area contributed by atoms with Crippen molar-refractivity contribution in [2.75, 3.05) is 11.9 Å². The monoisotopic (exact) mass is 649 g/mol. The summed E-state index contributed by atoms with van der Waals surface area (Å²) < 4.78 is 44.2. The lowest BCUT2D eigenvalue weighted by molar-refractivity contribution is 0.0501. The molecule has 4 rings (SSSR count). The summed E-state index contributed by atoms with van der Waals surface area (Å²) in [5, 5.41) is 18.2. The van der Waals surface area contributed by atoms with Crippen LogP contribution in [0.15, 0.2) is 49.1 Å². The Kier molecular flexibility index (Phi) is 8.26. The van der Waals surface area contributed by atoms with Gasteiger partial charge in [0.05, 0.1) is 24.3 Å². The molecule has 0 spiro atoms. The predicted molar refractivity (Wildman–Crippen MR) is 139 cm³/mol. The number of rotatable bonds is 9. The van der Waals surface area contributed by atoms with E-state index in [0.29, 0.717) is 17.3 Å². The van der Waals surface area contributed by atoms with Gasteiger partial charge in [0, 0.05) is 34.0 Å². The summed E-state index contributed by atoms with van der Waals surface area (Å²) >= 11 is 8.59. The van der Waals surface area contributed by atoms with Gasteiger partial charge in [-0.25, -0.2) is 19.5 Å². The number of ketones is 1. The SMILES string of the molecule is NS(=O)(=O)OC[C@H]1C[C@@H](Nc2ncncc2C(=O)c2cc(Cl)n(Cc3cccc(I)c3)c2)[C@@H](F)[C@@H]1O. The molecule has 0 saturated heterocycles. The van der Waals surface area contributed by atoms with E-state index in [1.807, 2.05) is 24.3 Å². The average Bonchev–Trinajstić information content (AvgIpc) is 3.31. The first-order chi connectivity index (χ1) is 17.0. The van der Waals surface area contributed by atoms with Crippen LogP contribution in [0.5, 0.6) is 0 Å². The number of halogens is 3. The summed E-state index contributed by atoms with van der Waals surface area (Å²) in [5.74, 6) is -1.18. The minimum Gasteiger partial charge on any atom is -0.390 e. The van der Waals surface area contributed by atoms with Crippen LogP contribution >= 0.6 is 34.2 Å². The van der Waals surface area contributed by atoms with E-state index in [4.69, 9.17) is 16.7 Å². The molecule has 0 radical (unpaired) electrons. The van der Waals surface area contributed by atoms with E-state index in [2.05, 4.69) is 42.1 Å². The van der Waals surface area contributed by atoms with Gasteiger partial charge >= 0.3 is 10.3 Å². The maximum absolute atomic E-state index is 14.8. The largest absolute Gasteiger partial charge is 0.390 e. The number of anilines is 1. The Balaban J connectivity index is 1.51. The average molecular weight is 650 g/mol. The van der Waals surface area contributed by atoms with Crippen molar-refractivity contribution in [3.05, 3.63) is 74.5 Å². The van der Waals surface area contributed by atoms with Gasteiger partial charge in [-0.2, -0.15) is 8.42 Å². The van der Waals surface area contributed by atoms with E-state index in [0.717, 1.165) is 9.13 Å². The number of alkyl halides is 1. The van der Waals surface area contributed by atoms with Crippen LogP contribution < -0.4 is 10.5 Å². The number of carbonyl (C=O) groups is 1. The molecule has 4 atom stereocenters. The number of aliphatic hydroxyl groups excluding tert-OH is 1. The maximum Gasteiger partial charge on any atom is 0.333 e. The highest BCUT2D eigenvalue weighted by molar-refractivity contribution is 14.1. The van der Waals surface area contributed by atoms with Gasteiger partial charge in [-0.3, -0.25) is 8.98 Å². The molecular formula is C22H22ClFIN5O5S. The van der Waals surface area contributed by atoms with Crippen molar-refractivity contribution in [1.82, 2.24) is 14.5 Å². The second-order valence-corrected chi connectivity index (χ2v) is 11.2. The zero-order valence-electron chi connectivity index (χ0n) is 18.6. The fraction of sp³-hybridized carbons (Fsp3) is 0.318. The van der Waals surface area contributed by atoms with Crippen LogP contribution in [0.25, 0.3) is 0 Å². The summed E-state index contributed by atoms with van der Waals surface area (Å²) in [4.78, 5) is 21.3. The molecule has 1 aliphatic rings. The summed E-state index contributed by atoms with van der Waals surface area (Å²) in [6, 6.07) is 8.45. The second-order valence-electron chi connectivity index (χ2n) is 8.38. The predicted octanol–water partition coefficient (Wildman–Crippen LogP) is 2.53. The van der Waals surface area contributed by atoms with Gasteiger partial charge in [0.25, 0.3) is 0 Å². The molecule has 3 aromatic rings. The van der Waals surface area contributed by atoms with Crippen molar-refractivity contribution in [1.29, 1.82) is 0 Å². The highest BCUT2D eigenvalue weighted by Crippen LogP contribution is 2.32. The second kappa shape index (κ2) is 11.1. The van der Waals surface area contributed by atoms with Crippen LogP contribution in [0, 0.1) is 9.49 Å². The zero-order chi connectivity index (χ0) is 26.0. The molecule has 0 amide bonds. The zero-order valence-corrected chi connectivity index (χ0v) is 22.3. The minimum atomic E-state index is -4.23. The number of aromatic nitrogens is 3. The normalized spacial score (nSPS) is 22.0. The lowest BCUT2D eigenvalue weighted by Gasteiger charge is -2.18. The van der Waals surface area contributed by atoms with Crippen LogP contribution in [0.1, 0.15) is 27.9 Å². The molecule has 0 unspecified atom stereocenters. The Morgan fingerprint density at radius 3 is 2.89 bits per heavy atom. The first-order valence-electron chi connectivity index (χ1n) is 10.7. The van der Waals surface area contributed by atoms with E-state index in [1.54, 1.807) is 10.8 Å². The quantitative estimate of drug-likeness (QED) is 0.237. The maximum atomic E-state index is 14.8. The van der Waals surface area contributed by atoms with E-state index in [1.165, 1.54) is 18.6 Å². The molecule has 1 aromatic carbocycles. The molecular weight excluding hydrogens is 628 g/mol. The summed E-state index contributed by atoms with van der Waals surface area (Å²) in [7, 11) is -4.23. The van der Waals surface area contributed by atoms with Gasteiger partial charge in [-0.05, 0) is 52.8 Å². The molecule has 2 heterocycles. The highest BCUT2D eigenvalue weighted by Gasteiger charge is 2.44. The standard InChI is InChI=1S/C22H22ClFIN5O5S/c23-18-6-13(9-30(18)8-12-2-1-3-15(25)4-12)20(31)16-7-27-11-28-22(16)29-17-5-14(21(32)19(17)24)10-35-36(26,33)34/h1-4,6-7,9,11,14,17,19,21,32H,5,8,10H2,(H2,26,33,34)(H,27,28,29)/t14-,17-,19-,21-/m1/s1. The molecule has 1 aliphatic carbocycles. The van der Waals surface area contributed by atoms with Gasteiger partial charge < -0.3 is 15.0 Å². The van der Waals surface area contributed by atoms with Crippen LogP contribution in [-0.4, -0.2) is 58.8 Å². The van der Waals surface area contributed by atoms with Gasteiger partial charge in [0.15, 0.2) is 5.78 Å². The summed E-state index contributed by atoms with van der Waals surface area (Å²) in [6.07, 6.45) is 0.907. The van der Waals surface area contributed by atoms with Crippen LogP contribution in [0.4, 0.5) is 10.2 Å².